The highest BCUT2D eigenvalue weighted by Crippen LogP contribution is 2.27. The number of thioether (sulfide) groups is 1. The Hall–Kier alpha value is -3.50. The molecule has 30 heavy (non-hydrogen) atoms. The number of rotatable bonds is 7. The van der Waals surface area contributed by atoms with Crippen molar-refractivity contribution in [3.05, 3.63) is 65.9 Å². The van der Waals surface area contributed by atoms with Gasteiger partial charge in [-0.15, -0.1) is 0 Å². The Bertz CT molecular complexity index is 1260. The van der Waals surface area contributed by atoms with Crippen LogP contribution in [0.5, 0.6) is 5.75 Å². The van der Waals surface area contributed by atoms with Gasteiger partial charge in [-0.25, -0.2) is 4.98 Å². The third-order valence-electron chi connectivity index (χ3n) is 4.84. The van der Waals surface area contributed by atoms with E-state index >= 15 is 0 Å². The summed E-state index contributed by atoms with van der Waals surface area (Å²) in [5.41, 5.74) is 3.47. The molecule has 0 aliphatic rings. The first kappa shape index (κ1) is 19.8. The molecule has 0 saturated carbocycles. The molecule has 0 spiro atoms. The van der Waals surface area contributed by atoms with E-state index in [2.05, 4.69) is 27.4 Å². The number of H-pyrrole nitrogens is 1. The van der Waals surface area contributed by atoms with Crippen LogP contribution in [0, 0.1) is 11.3 Å². The maximum atomic E-state index is 12.3. The fourth-order valence-electron chi connectivity index (χ4n) is 3.31. The first-order chi connectivity index (χ1) is 14.7. The number of nitrogens with one attached hydrogen (secondary N) is 2. The predicted octanol–water partition coefficient (Wildman–Crippen LogP) is 4.05. The predicted molar refractivity (Wildman–Crippen MR) is 119 cm³/mol. The van der Waals surface area contributed by atoms with Crippen LogP contribution >= 0.6 is 11.8 Å². The van der Waals surface area contributed by atoms with Crippen LogP contribution in [0.1, 0.15) is 11.1 Å². The van der Waals surface area contributed by atoms with Crippen LogP contribution in [0.25, 0.3) is 21.8 Å². The van der Waals surface area contributed by atoms with Gasteiger partial charge in [-0.05, 0) is 36.2 Å². The van der Waals surface area contributed by atoms with Crippen molar-refractivity contribution in [2.75, 3.05) is 19.4 Å². The van der Waals surface area contributed by atoms with Gasteiger partial charge in [0.25, 0.3) is 0 Å². The number of benzene rings is 2. The smallest absolute Gasteiger partial charge is 0.230 e. The van der Waals surface area contributed by atoms with E-state index in [9.17, 15) is 10.1 Å². The fraction of sp³-hybridized carbons (Fsp3) is 0.174. The van der Waals surface area contributed by atoms with E-state index in [1.165, 1.54) is 22.7 Å². The number of carbonyl (C=O) groups is 1. The summed E-state index contributed by atoms with van der Waals surface area (Å²) >= 11 is 1.27. The monoisotopic (exact) mass is 416 g/mol. The number of hydrogen-bond donors (Lipinski definition) is 2. The quantitative estimate of drug-likeness (QED) is 0.444. The minimum absolute atomic E-state index is 0.0868. The fourth-order valence-corrected chi connectivity index (χ4v) is 4.10. The topological polar surface area (TPSA) is 90.8 Å². The number of nitrogens with zero attached hydrogens (tertiary/aromatic N) is 2. The third kappa shape index (κ3) is 4.24. The molecule has 2 aromatic heterocycles. The van der Waals surface area contributed by atoms with Crippen molar-refractivity contribution in [2.45, 2.75) is 11.4 Å². The summed E-state index contributed by atoms with van der Waals surface area (Å²) in [7, 11) is 1.60. The number of aromatic amines is 1. The number of ether oxygens (including phenoxy) is 1. The van der Waals surface area contributed by atoms with E-state index in [1.807, 2.05) is 42.6 Å². The highest BCUT2D eigenvalue weighted by Gasteiger charge is 2.11. The lowest BCUT2D eigenvalue weighted by molar-refractivity contribution is -0.118. The Kier molecular flexibility index (Phi) is 5.87. The molecule has 0 saturated heterocycles. The van der Waals surface area contributed by atoms with E-state index in [0.29, 0.717) is 22.9 Å². The molecule has 0 unspecified atom stereocenters. The van der Waals surface area contributed by atoms with Crippen molar-refractivity contribution in [3.63, 3.8) is 0 Å². The minimum Gasteiger partial charge on any atom is -0.497 e. The molecule has 0 aliphatic carbocycles. The van der Waals surface area contributed by atoms with Gasteiger partial charge in [0.2, 0.25) is 5.91 Å². The van der Waals surface area contributed by atoms with Crippen molar-refractivity contribution in [2.24, 2.45) is 0 Å². The highest BCUT2D eigenvalue weighted by molar-refractivity contribution is 8.00. The first-order valence-corrected chi connectivity index (χ1v) is 10.5. The van der Waals surface area contributed by atoms with Crippen molar-refractivity contribution in [1.82, 2.24) is 15.3 Å². The number of pyridine rings is 1. The number of para-hydroxylation sites is 1. The van der Waals surface area contributed by atoms with Crippen LogP contribution in [0.15, 0.2) is 59.8 Å². The maximum absolute atomic E-state index is 12.3. The number of amides is 1. The molecule has 7 heteroatoms. The van der Waals surface area contributed by atoms with Gasteiger partial charge in [0.05, 0.1) is 23.9 Å². The molecular formula is C23H20N4O2S. The van der Waals surface area contributed by atoms with Crippen LogP contribution in [0.2, 0.25) is 0 Å². The summed E-state index contributed by atoms with van der Waals surface area (Å²) in [4.78, 5) is 20.1. The summed E-state index contributed by atoms with van der Waals surface area (Å²) in [5.74, 6) is 0.812. The van der Waals surface area contributed by atoms with Crippen LogP contribution in [-0.2, 0) is 11.2 Å². The van der Waals surface area contributed by atoms with Gasteiger partial charge in [0.15, 0.2) is 0 Å². The lowest BCUT2D eigenvalue weighted by Gasteiger charge is -2.08. The van der Waals surface area contributed by atoms with Gasteiger partial charge in [-0.3, -0.25) is 4.79 Å². The van der Waals surface area contributed by atoms with E-state index in [-0.39, 0.29) is 11.7 Å². The molecule has 0 radical (unpaired) electrons. The molecule has 150 valence electrons. The third-order valence-corrected chi connectivity index (χ3v) is 5.83. The van der Waals surface area contributed by atoms with Crippen molar-refractivity contribution in [1.29, 1.82) is 5.26 Å². The molecule has 4 aromatic rings. The maximum Gasteiger partial charge on any atom is 0.230 e. The lowest BCUT2D eigenvalue weighted by Crippen LogP contribution is -2.27. The number of hydrogen-bond acceptors (Lipinski definition) is 5. The second kappa shape index (κ2) is 8.89. The van der Waals surface area contributed by atoms with Gasteiger partial charge in [-0.2, -0.15) is 5.26 Å². The summed E-state index contributed by atoms with van der Waals surface area (Å²) < 4.78 is 5.24. The molecule has 1 amide bonds. The zero-order chi connectivity index (χ0) is 20.9. The minimum atomic E-state index is -0.0868. The SMILES string of the molecule is COc1ccc2cc(C#N)c(SCC(=O)NCCc3c[nH]c4ccccc34)nc2c1. The Labute approximate surface area is 178 Å². The lowest BCUT2D eigenvalue weighted by atomic mass is 10.1. The molecule has 4 rings (SSSR count). The molecule has 0 aliphatic heterocycles. The van der Waals surface area contributed by atoms with E-state index in [4.69, 9.17) is 4.74 Å². The molecular weight excluding hydrogens is 396 g/mol. The molecule has 0 fully saturated rings. The zero-order valence-corrected chi connectivity index (χ0v) is 17.3. The van der Waals surface area contributed by atoms with Gasteiger partial charge >= 0.3 is 0 Å². The van der Waals surface area contributed by atoms with Crippen LogP contribution in [0.4, 0.5) is 0 Å². The summed E-state index contributed by atoms with van der Waals surface area (Å²) in [5, 5.41) is 15.0. The number of methoxy groups -OCH3 is 1. The molecule has 0 atom stereocenters. The average molecular weight is 417 g/mol. The molecule has 6 nitrogen and oxygen atoms in total. The summed E-state index contributed by atoms with van der Waals surface area (Å²) in [6.45, 7) is 0.550. The van der Waals surface area contributed by atoms with Crippen molar-refractivity contribution < 1.29 is 9.53 Å². The first-order valence-electron chi connectivity index (χ1n) is 9.51. The normalized spacial score (nSPS) is 10.8. The second-order valence-corrected chi connectivity index (χ2v) is 7.72. The summed E-state index contributed by atoms with van der Waals surface area (Å²) in [6, 6.07) is 17.6. The number of fused-ring (bicyclic) bond motifs is 2. The standard InChI is InChI=1S/C23H20N4O2S/c1-29-18-7-6-15-10-17(12-24)23(27-21(15)11-18)30-14-22(28)25-9-8-16-13-26-20-5-3-2-4-19(16)20/h2-7,10-11,13,26H,8-9,14H2,1H3,(H,25,28). The van der Waals surface area contributed by atoms with Gasteiger partial charge in [-0.1, -0.05) is 30.0 Å². The molecule has 2 aromatic carbocycles. The summed E-state index contributed by atoms with van der Waals surface area (Å²) in [6.07, 6.45) is 2.73. The van der Waals surface area contributed by atoms with Gasteiger partial charge in [0.1, 0.15) is 16.8 Å². The Balaban J connectivity index is 1.37. The van der Waals surface area contributed by atoms with Crippen molar-refractivity contribution >= 4 is 39.5 Å². The van der Waals surface area contributed by atoms with Crippen molar-refractivity contribution in [3.8, 4) is 11.8 Å². The highest BCUT2D eigenvalue weighted by atomic mass is 32.2. The average Bonchev–Trinajstić information content (AvgIpc) is 3.19. The van der Waals surface area contributed by atoms with E-state index in [1.54, 1.807) is 13.2 Å². The molecule has 2 heterocycles. The Morgan fingerprint density at radius 2 is 2.13 bits per heavy atom. The van der Waals surface area contributed by atoms with E-state index in [0.717, 1.165) is 22.8 Å². The van der Waals surface area contributed by atoms with Crippen LogP contribution in [0.3, 0.4) is 0 Å². The van der Waals surface area contributed by atoms with E-state index < -0.39 is 0 Å². The zero-order valence-electron chi connectivity index (χ0n) is 16.4. The molecule has 2 N–H and O–H groups in total. The van der Waals surface area contributed by atoms with Crippen LogP contribution in [-0.4, -0.2) is 35.3 Å². The van der Waals surface area contributed by atoms with Gasteiger partial charge in [0, 0.05) is 35.1 Å². The molecule has 0 bridgehead atoms. The second-order valence-electron chi connectivity index (χ2n) is 6.76. The largest absolute Gasteiger partial charge is 0.497 e. The Morgan fingerprint density at radius 3 is 2.97 bits per heavy atom. The number of carbonyl (C=O) groups excluding carboxylic acids is 1. The van der Waals surface area contributed by atoms with Crippen LogP contribution < -0.4 is 10.1 Å². The van der Waals surface area contributed by atoms with Gasteiger partial charge < -0.3 is 15.0 Å². The number of aromatic nitrogens is 2. The number of nitriles is 1. The Morgan fingerprint density at radius 1 is 1.27 bits per heavy atom.